The van der Waals surface area contributed by atoms with Crippen molar-refractivity contribution in [1.82, 2.24) is 5.32 Å². The van der Waals surface area contributed by atoms with Gasteiger partial charge in [0.2, 0.25) is 5.91 Å². The molecule has 0 bridgehead atoms. The molecule has 1 atom stereocenters. The summed E-state index contributed by atoms with van der Waals surface area (Å²) in [5.74, 6) is 0.105. The zero-order valence-electron chi connectivity index (χ0n) is 9.58. The lowest BCUT2D eigenvalue weighted by atomic mass is 9.95. The molecule has 1 aliphatic rings. The van der Waals surface area contributed by atoms with E-state index in [0.29, 0.717) is 13.2 Å². The van der Waals surface area contributed by atoms with Crippen molar-refractivity contribution in [3.05, 3.63) is 0 Å². The molecule has 0 aromatic carbocycles. The highest BCUT2D eigenvalue weighted by atomic mass is 16.5. The number of aliphatic hydroxyl groups excluding tert-OH is 1. The molecule has 0 aromatic rings. The summed E-state index contributed by atoms with van der Waals surface area (Å²) in [5, 5.41) is 12.1. The third-order valence-electron chi connectivity index (χ3n) is 3.15. The Kier molecular flexibility index (Phi) is 4.54. The molecule has 88 valence electrons. The first-order chi connectivity index (χ1) is 7.11. The molecule has 0 saturated carbocycles. The molecule has 1 amide bonds. The number of amides is 1. The lowest BCUT2D eigenvalue weighted by Gasteiger charge is -2.30. The van der Waals surface area contributed by atoms with Crippen LogP contribution in [0.1, 0.15) is 33.1 Å². The van der Waals surface area contributed by atoms with E-state index in [0.717, 1.165) is 19.3 Å². The summed E-state index contributed by atoms with van der Waals surface area (Å²) in [5.41, 5.74) is -0.477. The molecule has 1 unspecified atom stereocenters. The summed E-state index contributed by atoms with van der Waals surface area (Å²) in [6, 6.07) is 0. The Morgan fingerprint density at radius 3 is 2.60 bits per heavy atom. The van der Waals surface area contributed by atoms with Crippen LogP contribution in [0.15, 0.2) is 0 Å². The van der Waals surface area contributed by atoms with Crippen LogP contribution in [0.3, 0.4) is 0 Å². The predicted molar refractivity (Wildman–Crippen MR) is 57.5 cm³/mol. The fourth-order valence-electron chi connectivity index (χ4n) is 1.60. The van der Waals surface area contributed by atoms with Gasteiger partial charge in [0.05, 0.1) is 12.1 Å². The van der Waals surface area contributed by atoms with Gasteiger partial charge in [0.15, 0.2) is 0 Å². The van der Waals surface area contributed by atoms with Crippen LogP contribution in [0.2, 0.25) is 0 Å². The van der Waals surface area contributed by atoms with Gasteiger partial charge < -0.3 is 15.2 Å². The number of rotatable bonds is 4. The Labute approximate surface area is 91.0 Å². The molecule has 1 heterocycles. The van der Waals surface area contributed by atoms with E-state index in [9.17, 15) is 9.90 Å². The molecule has 1 aliphatic heterocycles. The molecule has 0 radical (unpaired) electrons. The molecule has 15 heavy (non-hydrogen) atoms. The van der Waals surface area contributed by atoms with Gasteiger partial charge in [-0.2, -0.15) is 0 Å². The maximum atomic E-state index is 11.9. The van der Waals surface area contributed by atoms with Gasteiger partial charge in [-0.3, -0.25) is 4.79 Å². The number of nitrogens with one attached hydrogen (secondary N) is 1. The monoisotopic (exact) mass is 215 g/mol. The highest BCUT2D eigenvalue weighted by molar-refractivity contribution is 5.79. The van der Waals surface area contributed by atoms with Gasteiger partial charge in [0.25, 0.3) is 0 Å². The van der Waals surface area contributed by atoms with Gasteiger partial charge in [0, 0.05) is 19.1 Å². The summed E-state index contributed by atoms with van der Waals surface area (Å²) in [6.45, 7) is 5.14. The van der Waals surface area contributed by atoms with Crippen molar-refractivity contribution >= 4 is 5.91 Å². The minimum Gasteiger partial charge on any atom is -0.394 e. The number of carbonyl (C=O) groups excluding carboxylic acids is 1. The van der Waals surface area contributed by atoms with E-state index in [4.69, 9.17) is 4.74 Å². The van der Waals surface area contributed by atoms with Crippen LogP contribution in [0.5, 0.6) is 0 Å². The average molecular weight is 215 g/mol. The second-order valence-corrected chi connectivity index (χ2v) is 4.45. The third kappa shape index (κ3) is 3.47. The lowest BCUT2D eigenvalue weighted by molar-refractivity contribution is -0.130. The molecule has 2 N–H and O–H groups in total. The molecule has 0 spiro atoms. The molecule has 0 aromatic heterocycles. The standard InChI is InChI=1S/C11H21NO3/c1-3-11(2,8-13)12-10(14)9-4-6-15-7-5-9/h9,13H,3-8H2,1-2H3,(H,12,14). The van der Waals surface area contributed by atoms with Crippen LogP contribution >= 0.6 is 0 Å². The molecule has 1 saturated heterocycles. The first-order valence-corrected chi connectivity index (χ1v) is 5.62. The molecule has 1 fully saturated rings. The normalized spacial score (nSPS) is 22.1. The summed E-state index contributed by atoms with van der Waals surface area (Å²) >= 11 is 0. The van der Waals surface area contributed by atoms with Crippen molar-refractivity contribution in [3.8, 4) is 0 Å². The number of ether oxygens (including phenoxy) is 1. The largest absolute Gasteiger partial charge is 0.394 e. The van der Waals surface area contributed by atoms with Crippen LogP contribution in [-0.4, -0.2) is 36.4 Å². The second-order valence-electron chi connectivity index (χ2n) is 4.45. The summed E-state index contributed by atoms with van der Waals surface area (Å²) in [4.78, 5) is 11.9. The smallest absolute Gasteiger partial charge is 0.223 e. The van der Waals surface area contributed by atoms with Crippen molar-refractivity contribution in [1.29, 1.82) is 0 Å². The topological polar surface area (TPSA) is 58.6 Å². The minimum absolute atomic E-state index is 0.0154. The van der Waals surface area contributed by atoms with E-state index in [1.54, 1.807) is 0 Å². The minimum atomic E-state index is -0.477. The second kappa shape index (κ2) is 5.47. The van der Waals surface area contributed by atoms with Gasteiger partial charge in [-0.15, -0.1) is 0 Å². The number of carbonyl (C=O) groups is 1. The van der Waals surface area contributed by atoms with Crippen LogP contribution < -0.4 is 5.32 Å². The molecular formula is C11H21NO3. The van der Waals surface area contributed by atoms with Gasteiger partial charge >= 0.3 is 0 Å². The van der Waals surface area contributed by atoms with Crippen LogP contribution in [0.4, 0.5) is 0 Å². The summed E-state index contributed by atoms with van der Waals surface area (Å²) in [7, 11) is 0. The molecule has 1 rings (SSSR count). The SMILES string of the molecule is CCC(C)(CO)NC(=O)C1CCOCC1. The molecule has 4 nitrogen and oxygen atoms in total. The zero-order chi connectivity index (χ0) is 11.3. The van der Waals surface area contributed by atoms with E-state index in [-0.39, 0.29) is 18.4 Å². The van der Waals surface area contributed by atoms with Crippen LogP contribution in [-0.2, 0) is 9.53 Å². The van der Waals surface area contributed by atoms with Crippen LogP contribution in [0.25, 0.3) is 0 Å². The fraction of sp³-hybridized carbons (Fsp3) is 0.909. The maximum Gasteiger partial charge on any atom is 0.223 e. The predicted octanol–water partition coefficient (Wildman–Crippen LogP) is 0.690. The number of aliphatic hydroxyl groups is 1. The van der Waals surface area contributed by atoms with Crippen molar-refractivity contribution in [2.45, 2.75) is 38.6 Å². The summed E-state index contributed by atoms with van der Waals surface area (Å²) < 4.78 is 5.20. The fourth-order valence-corrected chi connectivity index (χ4v) is 1.60. The first kappa shape index (κ1) is 12.5. The van der Waals surface area contributed by atoms with Crippen LogP contribution in [0, 0.1) is 5.92 Å². The highest BCUT2D eigenvalue weighted by Crippen LogP contribution is 2.17. The van der Waals surface area contributed by atoms with E-state index >= 15 is 0 Å². The van der Waals surface area contributed by atoms with E-state index in [1.807, 2.05) is 13.8 Å². The van der Waals surface area contributed by atoms with Gasteiger partial charge in [0.1, 0.15) is 0 Å². The van der Waals surface area contributed by atoms with E-state index in [2.05, 4.69) is 5.32 Å². The quantitative estimate of drug-likeness (QED) is 0.725. The first-order valence-electron chi connectivity index (χ1n) is 5.62. The molecule has 4 heteroatoms. The van der Waals surface area contributed by atoms with E-state index in [1.165, 1.54) is 0 Å². The van der Waals surface area contributed by atoms with Gasteiger partial charge in [-0.05, 0) is 26.2 Å². The Balaban J connectivity index is 2.46. The van der Waals surface area contributed by atoms with Crippen molar-refractivity contribution in [2.24, 2.45) is 5.92 Å². The molecular weight excluding hydrogens is 194 g/mol. The Hall–Kier alpha value is -0.610. The van der Waals surface area contributed by atoms with Gasteiger partial charge in [-0.25, -0.2) is 0 Å². The Morgan fingerprint density at radius 2 is 2.13 bits per heavy atom. The van der Waals surface area contributed by atoms with Crippen molar-refractivity contribution < 1.29 is 14.6 Å². The molecule has 0 aliphatic carbocycles. The van der Waals surface area contributed by atoms with E-state index < -0.39 is 5.54 Å². The van der Waals surface area contributed by atoms with Gasteiger partial charge in [-0.1, -0.05) is 6.92 Å². The number of hydrogen-bond acceptors (Lipinski definition) is 3. The highest BCUT2D eigenvalue weighted by Gasteiger charge is 2.28. The Morgan fingerprint density at radius 1 is 1.53 bits per heavy atom. The maximum absolute atomic E-state index is 11.9. The number of hydrogen-bond donors (Lipinski definition) is 2. The third-order valence-corrected chi connectivity index (χ3v) is 3.15. The zero-order valence-corrected chi connectivity index (χ0v) is 9.58. The lowest BCUT2D eigenvalue weighted by Crippen LogP contribution is -2.51. The van der Waals surface area contributed by atoms with Crippen molar-refractivity contribution in [3.63, 3.8) is 0 Å². The summed E-state index contributed by atoms with van der Waals surface area (Å²) in [6.07, 6.45) is 2.31. The average Bonchev–Trinajstić information content (AvgIpc) is 2.30. The van der Waals surface area contributed by atoms with Crippen molar-refractivity contribution in [2.75, 3.05) is 19.8 Å². The Bertz CT molecular complexity index is 208.